The molecule has 1 atom stereocenters. The number of halogens is 2. The van der Waals surface area contributed by atoms with E-state index in [1.165, 1.54) is 0 Å². The molecule has 0 heterocycles. The van der Waals surface area contributed by atoms with Crippen molar-refractivity contribution in [2.75, 3.05) is 0 Å². The normalized spacial score (nSPS) is 11.7. The Labute approximate surface area is 171 Å². The highest BCUT2D eigenvalue weighted by molar-refractivity contribution is 6.16. The first-order chi connectivity index (χ1) is 14.0. The largest absolute Gasteiger partial charge is 0.508 e. The number of benzene rings is 3. The van der Waals surface area contributed by atoms with Crippen molar-refractivity contribution in [3.8, 4) is 5.75 Å². The average molecular weight is 415 g/mol. The van der Waals surface area contributed by atoms with Gasteiger partial charge in [-0.2, -0.15) is 0 Å². The van der Waals surface area contributed by atoms with Gasteiger partial charge in [-0.05, 0) is 17.2 Å². The van der Waals surface area contributed by atoms with Gasteiger partial charge in [-0.15, -0.1) is 0 Å². The minimum Gasteiger partial charge on any atom is -0.508 e. The van der Waals surface area contributed by atoms with E-state index in [4.69, 9.17) is 16.6 Å². The van der Waals surface area contributed by atoms with E-state index in [0.29, 0.717) is 11.1 Å². The molecule has 3 rings (SSSR count). The summed E-state index contributed by atoms with van der Waals surface area (Å²) in [7, 11) is 0. The fourth-order valence-electron chi connectivity index (χ4n) is 2.91. The van der Waals surface area contributed by atoms with E-state index in [1.54, 1.807) is 48.5 Å². The minimum absolute atomic E-state index is 0.321. The standard InChI is InChI=1S/C22H16ClFO5/c23-29-22(27)19(17-12-11-16(25)13-18(17)24)21(26)28-20(14-7-3-1-4-8-14)15-9-5-2-6-10-15/h1-13,19-20,25H. The molecule has 3 aromatic carbocycles. The van der Waals surface area contributed by atoms with Gasteiger partial charge < -0.3 is 14.1 Å². The lowest BCUT2D eigenvalue weighted by Gasteiger charge is -2.22. The van der Waals surface area contributed by atoms with Crippen molar-refractivity contribution >= 4 is 23.8 Å². The fourth-order valence-corrected chi connectivity index (χ4v) is 3.00. The summed E-state index contributed by atoms with van der Waals surface area (Å²) in [6, 6.07) is 20.8. The summed E-state index contributed by atoms with van der Waals surface area (Å²) in [6.07, 6.45) is -0.837. The number of aromatic hydroxyl groups is 1. The zero-order chi connectivity index (χ0) is 20.8. The van der Waals surface area contributed by atoms with Crippen molar-refractivity contribution in [3.05, 3.63) is 101 Å². The lowest BCUT2D eigenvalue weighted by molar-refractivity contribution is -0.155. The minimum atomic E-state index is -1.76. The van der Waals surface area contributed by atoms with Crippen LogP contribution in [0, 0.1) is 5.82 Å². The van der Waals surface area contributed by atoms with Gasteiger partial charge in [0.25, 0.3) is 0 Å². The maximum Gasteiger partial charge on any atom is 0.343 e. The smallest absolute Gasteiger partial charge is 0.343 e. The maximum atomic E-state index is 14.3. The maximum absolute atomic E-state index is 14.3. The molecule has 0 aliphatic rings. The number of phenolic OH excluding ortho intramolecular Hbond substituents is 1. The number of ether oxygens (including phenoxy) is 1. The highest BCUT2D eigenvalue weighted by Gasteiger charge is 2.36. The Balaban J connectivity index is 1.99. The van der Waals surface area contributed by atoms with Gasteiger partial charge in [-0.3, -0.25) is 4.79 Å². The van der Waals surface area contributed by atoms with Crippen molar-refractivity contribution in [1.29, 1.82) is 0 Å². The lowest BCUT2D eigenvalue weighted by Crippen LogP contribution is -2.27. The molecule has 0 fully saturated rings. The molecule has 0 radical (unpaired) electrons. The Morgan fingerprint density at radius 2 is 1.41 bits per heavy atom. The number of esters is 1. The molecule has 1 unspecified atom stereocenters. The zero-order valence-electron chi connectivity index (χ0n) is 15.0. The van der Waals surface area contributed by atoms with E-state index < -0.39 is 29.8 Å². The molecule has 0 saturated heterocycles. The number of hydrogen-bond donors (Lipinski definition) is 1. The molecule has 0 aliphatic carbocycles. The molecule has 148 valence electrons. The van der Waals surface area contributed by atoms with Crippen LogP contribution in [0.4, 0.5) is 4.39 Å². The Kier molecular flexibility index (Phi) is 6.46. The molecule has 5 nitrogen and oxygen atoms in total. The molecule has 29 heavy (non-hydrogen) atoms. The second-order valence-electron chi connectivity index (χ2n) is 6.17. The van der Waals surface area contributed by atoms with Gasteiger partial charge >= 0.3 is 11.9 Å². The van der Waals surface area contributed by atoms with Crippen LogP contribution in [0.2, 0.25) is 0 Å². The molecule has 0 amide bonds. The van der Waals surface area contributed by atoms with E-state index in [2.05, 4.69) is 4.29 Å². The SMILES string of the molecule is O=C(OCl)C(C(=O)OC(c1ccccc1)c1ccccc1)c1ccc(O)cc1F. The molecule has 0 aromatic heterocycles. The number of carbonyl (C=O) groups is 2. The molecule has 0 bridgehead atoms. The van der Waals surface area contributed by atoms with Crippen LogP contribution in [0.25, 0.3) is 0 Å². The van der Waals surface area contributed by atoms with Crippen molar-refractivity contribution in [1.82, 2.24) is 0 Å². The van der Waals surface area contributed by atoms with Crippen LogP contribution in [0.1, 0.15) is 28.7 Å². The topological polar surface area (TPSA) is 72.8 Å². The van der Waals surface area contributed by atoms with Crippen molar-refractivity contribution in [2.24, 2.45) is 0 Å². The van der Waals surface area contributed by atoms with Gasteiger partial charge in [-0.25, -0.2) is 9.18 Å². The predicted molar refractivity (Wildman–Crippen MR) is 104 cm³/mol. The molecular formula is C22H16ClFO5. The molecule has 0 aliphatic heterocycles. The van der Waals surface area contributed by atoms with Crippen molar-refractivity contribution in [3.63, 3.8) is 0 Å². The third-order valence-corrected chi connectivity index (χ3v) is 4.43. The first-order valence-electron chi connectivity index (χ1n) is 8.62. The van der Waals surface area contributed by atoms with Crippen molar-refractivity contribution < 1.29 is 28.1 Å². The van der Waals surface area contributed by atoms with Gasteiger partial charge in [-0.1, -0.05) is 66.7 Å². The monoisotopic (exact) mass is 414 g/mol. The van der Waals surface area contributed by atoms with E-state index >= 15 is 0 Å². The van der Waals surface area contributed by atoms with E-state index in [-0.39, 0.29) is 11.3 Å². The average Bonchev–Trinajstić information content (AvgIpc) is 2.74. The van der Waals surface area contributed by atoms with Crippen molar-refractivity contribution in [2.45, 2.75) is 12.0 Å². The molecular weight excluding hydrogens is 399 g/mol. The Hall–Kier alpha value is -3.38. The third-order valence-electron chi connectivity index (χ3n) is 4.28. The quantitative estimate of drug-likeness (QED) is 0.469. The van der Waals surface area contributed by atoms with Crippen LogP contribution < -0.4 is 0 Å². The first-order valence-corrected chi connectivity index (χ1v) is 8.93. The Bertz CT molecular complexity index is 955. The third kappa shape index (κ3) is 4.73. The summed E-state index contributed by atoms with van der Waals surface area (Å²) in [6.45, 7) is 0. The molecule has 0 saturated carbocycles. The van der Waals surface area contributed by atoms with Gasteiger partial charge in [0.05, 0.1) is 0 Å². The van der Waals surface area contributed by atoms with Crippen LogP contribution in [-0.4, -0.2) is 17.0 Å². The summed E-state index contributed by atoms with van der Waals surface area (Å²) in [5.41, 5.74) is 1.01. The predicted octanol–water partition coefficient (Wildman–Crippen LogP) is 4.64. The molecule has 0 spiro atoms. The molecule has 7 heteroatoms. The zero-order valence-corrected chi connectivity index (χ0v) is 15.8. The van der Waals surface area contributed by atoms with E-state index in [9.17, 15) is 19.1 Å². The van der Waals surface area contributed by atoms with Crippen LogP contribution in [0.3, 0.4) is 0 Å². The van der Waals surface area contributed by atoms with Crippen LogP contribution >= 0.6 is 11.9 Å². The second-order valence-corrected chi connectivity index (χ2v) is 6.33. The van der Waals surface area contributed by atoms with Gasteiger partial charge in [0, 0.05) is 11.6 Å². The lowest BCUT2D eigenvalue weighted by atomic mass is 9.97. The molecule has 3 aromatic rings. The Morgan fingerprint density at radius 1 is 0.862 bits per heavy atom. The van der Waals surface area contributed by atoms with Crippen LogP contribution in [0.15, 0.2) is 78.9 Å². The molecule has 1 N–H and O–H groups in total. The second kappa shape index (κ2) is 9.21. The van der Waals surface area contributed by atoms with Gasteiger partial charge in [0.15, 0.2) is 12.0 Å². The van der Waals surface area contributed by atoms with E-state index in [1.807, 2.05) is 12.1 Å². The fraction of sp³-hybridized carbons (Fsp3) is 0.0909. The Morgan fingerprint density at radius 3 is 1.90 bits per heavy atom. The summed E-state index contributed by atoms with van der Waals surface area (Å²) in [5.74, 6) is -5.32. The number of carbonyl (C=O) groups excluding carboxylic acids is 2. The highest BCUT2D eigenvalue weighted by atomic mass is 35.5. The summed E-state index contributed by atoms with van der Waals surface area (Å²) < 4.78 is 24.1. The van der Waals surface area contributed by atoms with E-state index in [0.717, 1.165) is 18.2 Å². The van der Waals surface area contributed by atoms with Crippen LogP contribution in [0.5, 0.6) is 5.75 Å². The number of phenols is 1. The van der Waals surface area contributed by atoms with Crippen LogP contribution in [-0.2, 0) is 18.6 Å². The summed E-state index contributed by atoms with van der Waals surface area (Å²) in [4.78, 5) is 25.1. The summed E-state index contributed by atoms with van der Waals surface area (Å²) >= 11 is 5.17. The number of rotatable bonds is 6. The summed E-state index contributed by atoms with van der Waals surface area (Å²) in [5, 5.41) is 9.40. The highest BCUT2D eigenvalue weighted by Crippen LogP contribution is 2.31. The van der Waals surface area contributed by atoms with Gasteiger partial charge in [0.2, 0.25) is 0 Å². The number of hydrogen-bond acceptors (Lipinski definition) is 5. The first kappa shape index (κ1) is 20.4. The van der Waals surface area contributed by atoms with Gasteiger partial charge in [0.1, 0.15) is 23.4 Å².